The molecule has 4 rings (SSSR count). The smallest absolute Gasteiger partial charge is 0.383 e. The van der Waals surface area contributed by atoms with Crippen molar-refractivity contribution in [2.45, 2.75) is 42.2 Å². The summed E-state index contributed by atoms with van der Waals surface area (Å²) in [5.74, 6) is -0.858. The number of benzene rings is 2. The van der Waals surface area contributed by atoms with Gasteiger partial charge in [-0.3, -0.25) is 14.6 Å². The normalized spacial score (nSPS) is 21.6. The van der Waals surface area contributed by atoms with Crippen LogP contribution in [-0.4, -0.2) is 96.4 Å². The third-order valence-electron chi connectivity index (χ3n) is 8.13. The van der Waals surface area contributed by atoms with Gasteiger partial charge in [-0.15, -0.1) is 24.8 Å². The van der Waals surface area contributed by atoms with Gasteiger partial charge in [0.05, 0.1) is 37.0 Å². The predicted molar refractivity (Wildman–Crippen MR) is 173 cm³/mol. The molecular formula is C30H38Cl2F6IN3O3. The van der Waals surface area contributed by atoms with E-state index < -0.39 is 38.5 Å². The highest BCUT2D eigenvalue weighted by atomic mass is 127. The van der Waals surface area contributed by atoms with Crippen LogP contribution >= 0.6 is 47.4 Å². The van der Waals surface area contributed by atoms with Crippen molar-refractivity contribution in [2.24, 2.45) is 0 Å². The van der Waals surface area contributed by atoms with Crippen LogP contribution < -0.4 is 0 Å². The summed E-state index contributed by atoms with van der Waals surface area (Å²) in [6.45, 7) is 8.76. The lowest BCUT2D eigenvalue weighted by Gasteiger charge is -2.48. The Hall–Kier alpha value is -1.36. The molecule has 2 fully saturated rings. The third-order valence-corrected chi connectivity index (χ3v) is 9.43. The van der Waals surface area contributed by atoms with Gasteiger partial charge in [-0.1, -0.05) is 40.8 Å². The summed E-state index contributed by atoms with van der Waals surface area (Å²) in [6, 6.07) is 7.12. The SMILES string of the molecule is COC[C@@H]1COCCN1CCN1CCN(C(=O)c2cc(C(F)(F)F)cc(C(F)(F)F)c2)[C@@](I)(Cc2ccc(C)c(C)c2)C1.Cl.Cl. The van der Waals surface area contributed by atoms with Gasteiger partial charge in [0.2, 0.25) is 0 Å². The van der Waals surface area contributed by atoms with Gasteiger partial charge in [-0.05, 0) is 48.7 Å². The zero-order chi connectivity index (χ0) is 31.6. The molecule has 2 saturated heterocycles. The summed E-state index contributed by atoms with van der Waals surface area (Å²) < 4.78 is 91.6. The van der Waals surface area contributed by atoms with E-state index in [0.717, 1.165) is 29.8 Å². The molecule has 2 heterocycles. The minimum atomic E-state index is -5.05. The molecule has 2 atom stereocenters. The molecule has 0 saturated carbocycles. The van der Waals surface area contributed by atoms with E-state index >= 15 is 0 Å². The van der Waals surface area contributed by atoms with E-state index in [2.05, 4.69) is 32.4 Å². The summed E-state index contributed by atoms with van der Waals surface area (Å²) in [7, 11) is 1.64. The van der Waals surface area contributed by atoms with Gasteiger partial charge in [-0.25, -0.2) is 0 Å². The number of ether oxygens (including phenoxy) is 2. The maximum absolute atomic E-state index is 13.8. The molecule has 0 unspecified atom stereocenters. The second-order valence-corrected chi connectivity index (χ2v) is 13.3. The molecule has 6 nitrogen and oxygen atoms in total. The number of carbonyl (C=O) groups excluding carboxylic acids is 1. The molecule has 254 valence electrons. The van der Waals surface area contributed by atoms with Gasteiger partial charge in [0.25, 0.3) is 5.91 Å². The molecule has 2 aliphatic heterocycles. The standard InChI is InChI=1S/C30H36F6IN3O3.2ClH/c1-20-4-5-22(12-21(20)2)16-28(37)19-38(6-8-39-10-11-43-18-26(39)17-42-3)7-9-40(28)27(41)23-13-24(29(31,32)33)15-25(14-23)30(34,35)36;;/h4-5,12-15,26H,6-11,16-19H2,1-3H3;2*1H/t26-,28+;;/m1../s1. The number of methoxy groups -OCH3 is 1. The van der Waals surface area contributed by atoms with Crippen LogP contribution in [0.25, 0.3) is 0 Å². The highest BCUT2D eigenvalue weighted by Crippen LogP contribution is 2.39. The molecule has 0 bridgehead atoms. The molecule has 2 aliphatic rings. The quantitative estimate of drug-likeness (QED) is 0.130. The van der Waals surface area contributed by atoms with E-state index in [1.54, 1.807) is 7.11 Å². The van der Waals surface area contributed by atoms with Crippen molar-refractivity contribution >= 4 is 53.3 Å². The van der Waals surface area contributed by atoms with Gasteiger partial charge < -0.3 is 14.4 Å². The first kappa shape index (κ1) is 39.8. The van der Waals surface area contributed by atoms with Crippen molar-refractivity contribution in [3.63, 3.8) is 0 Å². The molecule has 15 heteroatoms. The zero-order valence-electron chi connectivity index (χ0n) is 25.1. The van der Waals surface area contributed by atoms with Crippen molar-refractivity contribution < 1.29 is 40.6 Å². The van der Waals surface area contributed by atoms with Gasteiger partial charge in [0, 0.05) is 58.4 Å². The van der Waals surface area contributed by atoms with Crippen molar-refractivity contribution in [3.05, 3.63) is 69.8 Å². The van der Waals surface area contributed by atoms with Crippen molar-refractivity contribution in [1.29, 1.82) is 0 Å². The Labute approximate surface area is 285 Å². The topological polar surface area (TPSA) is 45.3 Å². The highest BCUT2D eigenvalue weighted by molar-refractivity contribution is 14.1. The van der Waals surface area contributed by atoms with Crippen molar-refractivity contribution in [3.8, 4) is 0 Å². The van der Waals surface area contributed by atoms with Crippen LogP contribution in [0, 0.1) is 13.8 Å². The molecule has 0 radical (unpaired) electrons. The van der Waals surface area contributed by atoms with E-state index in [4.69, 9.17) is 9.47 Å². The first-order valence-electron chi connectivity index (χ1n) is 14.0. The molecule has 0 aromatic heterocycles. The Morgan fingerprint density at radius 3 is 2.18 bits per heavy atom. The van der Waals surface area contributed by atoms with Crippen molar-refractivity contribution in [1.82, 2.24) is 14.7 Å². The fourth-order valence-electron chi connectivity index (χ4n) is 5.63. The predicted octanol–water partition coefficient (Wildman–Crippen LogP) is 6.66. The summed E-state index contributed by atoms with van der Waals surface area (Å²) in [4.78, 5) is 19.8. The van der Waals surface area contributed by atoms with Crippen LogP contribution in [0.15, 0.2) is 36.4 Å². The number of hydrogen-bond donors (Lipinski definition) is 0. The van der Waals surface area contributed by atoms with Crippen LogP contribution in [0.1, 0.15) is 38.2 Å². The number of amides is 1. The zero-order valence-corrected chi connectivity index (χ0v) is 28.9. The number of alkyl halides is 7. The Morgan fingerprint density at radius 1 is 0.956 bits per heavy atom. The largest absolute Gasteiger partial charge is 0.416 e. The first-order valence-corrected chi connectivity index (χ1v) is 15.1. The number of nitrogens with zero attached hydrogens (tertiary/aromatic N) is 3. The molecule has 0 aliphatic carbocycles. The Kier molecular flexibility index (Phi) is 14.3. The molecule has 2 aromatic rings. The maximum atomic E-state index is 13.8. The molecular weight excluding hydrogens is 762 g/mol. The van der Waals surface area contributed by atoms with E-state index in [0.29, 0.717) is 58.0 Å². The Morgan fingerprint density at radius 2 is 1.60 bits per heavy atom. The lowest BCUT2D eigenvalue weighted by atomic mass is 9.97. The summed E-state index contributed by atoms with van der Waals surface area (Å²) in [5.41, 5.74) is -0.586. The fraction of sp³-hybridized carbons (Fsp3) is 0.567. The van der Waals surface area contributed by atoms with Crippen LogP contribution in [0.4, 0.5) is 26.3 Å². The number of morpholine rings is 1. The van der Waals surface area contributed by atoms with E-state index in [1.807, 2.05) is 32.0 Å². The number of aryl methyl sites for hydroxylation is 2. The minimum absolute atomic E-state index is 0. The lowest BCUT2D eigenvalue weighted by molar-refractivity contribution is -0.143. The van der Waals surface area contributed by atoms with Gasteiger partial charge in [-0.2, -0.15) is 26.3 Å². The minimum Gasteiger partial charge on any atom is -0.383 e. The van der Waals surface area contributed by atoms with Crippen LogP contribution in [0.3, 0.4) is 0 Å². The fourth-order valence-corrected chi connectivity index (χ4v) is 7.02. The summed E-state index contributed by atoms with van der Waals surface area (Å²) >= 11 is 2.16. The van der Waals surface area contributed by atoms with E-state index in [1.165, 1.54) is 4.90 Å². The molecule has 0 spiro atoms. The molecule has 45 heavy (non-hydrogen) atoms. The number of hydrogen-bond acceptors (Lipinski definition) is 5. The highest BCUT2D eigenvalue weighted by Gasteiger charge is 2.44. The second-order valence-electron chi connectivity index (χ2n) is 11.3. The van der Waals surface area contributed by atoms with Crippen LogP contribution in [0.2, 0.25) is 0 Å². The number of halogens is 9. The molecule has 0 N–H and O–H groups in total. The molecule has 2 aromatic carbocycles. The van der Waals surface area contributed by atoms with Gasteiger partial charge in [0.1, 0.15) is 3.55 Å². The van der Waals surface area contributed by atoms with Crippen molar-refractivity contribution in [2.75, 3.05) is 66.2 Å². The third kappa shape index (κ3) is 10.1. The number of rotatable bonds is 8. The summed E-state index contributed by atoms with van der Waals surface area (Å²) in [6.07, 6.45) is -9.72. The van der Waals surface area contributed by atoms with E-state index in [9.17, 15) is 31.1 Å². The monoisotopic (exact) mass is 799 g/mol. The Bertz CT molecular complexity index is 1270. The number of carbonyl (C=O) groups is 1. The summed E-state index contributed by atoms with van der Waals surface area (Å²) in [5, 5.41) is 0. The average molecular weight is 800 g/mol. The van der Waals surface area contributed by atoms with Crippen LogP contribution in [0.5, 0.6) is 0 Å². The van der Waals surface area contributed by atoms with E-state index in [-0.39, 0.29) is 43.5 Å². The maximum Gasteiger partial charge on any atom is 0.416 e. The number of piperazine rings is 1. The van der Waals surface area contributed by atoms with Gasteiger partial charge in [0.15, 0.2) is 0 Å². The first-order chi connectivity index (χ1) is 20.1. The lowest BCUT2D eigenvalue weighted by Crippen LogP contribution is -2.62. The second kappa shape index (κ2) is 16.2. The molecule has 1 amide bonds. The average Bonchev–Trinajstić information content (AvgIpc) is 2.93. The Balaban J connectivity index is 0.00000353. The van der Waals surface area contributed by atoms with Crippen LogP contribution in [-0.2, 0) is 28.2 Å². The van der Waals surface area contributed by atoms with Gasteiger partial charge >= 0.3 is 12.4 Å².